The van der Waals surface area contributed by atoms with E-state index in [1.54, 1.807) is 0 Å². The quantitative estimate of drug-likeness (QED) is 0.829. The second-order valence-corrected chi connectivity index (χ2v) is 4.80. The first-order valence-electron chi connectivity index (χ1n) is 5.97. The summed E-state index contributed by atoms with van der Waals surface area (Å²) in [6, 6.07) is 4.00. The maximum atomic E-state index is 10.2. The molecule has 2 nitrogen and oxygen atoms in total. The van der Waals surface area contributed by atoms with Crippen molar-refractivity contribution in [2.75, 3.05) is 6.54 Å². The molecule has 0 radical (unpaired) electrons. The van der Waals surface area contributed by atoms with Crippen LogP contribution < -0.4 is 5.32 Å². The van der Waals surface area contributed by atoms with Gasteiger partial charge in [-0.2, -0.15) is 0 Å². The normalized spacial score (nSPS) is 21.0. The van der Waals surface area contributed by atoms with E-state index in [1.807, 2.05) is 19.1 Å². The third kappa shape index (κ3) is 2.33. The summed E-state index contributed by atoms with van der Waals surface area (Å²) in [6.45, 7) is 3.06. The molecule has 0 aliphatic carbocycles. The van der Waals surface area contributed by atoms with Gasteiger partial charge in [-0.1, -0.05) is 24.9 Å². The Morgan fingerprint density at radius 2 is 2.25 bits per heavy atom. The maximum Gasteiger partial charge on any atom is 0.123 e. The molecule has 1 aromatic carbocycles. The first kappa shape index (κ1) is 11.7. The summed E-state index contributed by atoms with van der Waals surface area (Å²) in [7, 11) is 0. The van der Waals surface area contributed by atoms with Crippen LogP contribution in [0.1, 0.15) is 43.4 Å². The Labute approximate surface area is 102 Å². The average Bonchev–Trinajstić information content (AvgIpc) is 2.33. The SMILES string of the molecule is CCc1cc(Cl)cc(C2CCCCN2)c1O. The molecule has 0 spiro atoms. The summed E-state index contributed by atoms with van der Waals surface area (Å²) in [5.74, 6) is 0.423. The zero-order chi connectivity index (χ0) is 11.5. The molecule has 1 unspecified atom stereocenters. The zero-order valence-corrected chi connectivity index (χ0v) is 10.3. The van der Waals surface area contributed by atoms with E-state index in [0.717, 1.165) is 35.5 Å². The molecule has 1 atom stereocenters. The van der Waals surface area contributed by atoms with Crippen LogP contribution in [0.3, 0.4) is 0 Å². The smallest absolute Gasteiger partial charge is 0.123 e. The summed E-state index contributed by atoms with van der Waals surface area (Å²) in [6.07, 6.45) is 4.33. The van der Waals surface area contributed by atoms with Crippen LogP contribution in [0.15, 0.2) is 12.1 Å². The van der Waals surface area contributed by atoms with Crippen molar-refractivity contribution >= 4 is 11.6 Å². The highest BCUT2D eigenvalue weighted by molar-refractivity contribution is 6.30. The fourth-order valence-electron chi connectivity index (χ4n) is 2.33. The average molecular weight is 240 g/mol. The molecule has 0 aromatic heterocycles. The van der Waals surface area contributed by atoms with Gasteiger partial charge in [-0.25, -0.2) is 0 Å². The molecule has 1 aromatic rings. The van der Waals surface area contributed by atoms with Crippen LogP contribution >= 0.6 is 11.6 Å². The van der Waals surface area contributed by atoms with Crippen molar-refractivity contribution in [1.29, 1.82) is 0 Å². The standard InChI is InChI=1S/C13H18ClNO/c1-2-9-7-10(14)8-11(13(9)16)12-5-3-4-6-15-12/h7-8,12,15-16H,2-6H2,1H3. The van der Waals surface area contributed by atoms with Gasteiger partial charge in [-0.15, -0.1) is 0 Å². The third-order valence-corrected chi connectivity index (χ3v) is 3.47. The molecule has 3 heteroatoms. The Balaban J connectivity index is 2.34. The summed E-state index contributed by atoms with van der Waals surface area (Å²) < 4.78 is 0. The highest BCUT2D eigenvalue weighted by Gasteiger charge is 2.19. The Morgan fingerprint density at radius 1 is 1.44 bits per heavy atom. The summed E-state index contributed by atoms with van der Waals surface area (Å²) >= 11 is 6.08. The van der Waals surface area contributed by atoms with Crippen LogP contribution in [0.4, 0.5) is 0 Å². The number of piperidine rings is 1. The van der Waals surface area contributed by atoms with E-state index >= 15 is 0 Å². The first-order valence-corrected chi connectivity index (χ1v) is 6.35. The molecule has 1 aliphatic heterocycles. The van der Waals surface area contributed by atoms with Gasteiger partial charge < -0.3 is 10.4 Å². The second kappa shape index (κ2) is 5.07. The minimum Gasteiger partial charge on any atom is -0.507 e. The molecule has 1 fully saturated rings. The van der Waals surface area contributed by atoms with E-state index in [-0.39, 0.29) is 6.04 Å². The lowest BCUT2D eigenvalue weighted by Gasteiger charge is -2.25. The minimum atomic E-state index is 0.262. The van der Waals surface area contributed by atoms with Crippen molar-refractivity contribution in [1.82, 2.24) is 5.32 Å². The number of halogens is 1. The lowest BCUT2D eigenvalue weighted by Crippen LogP contribution is -2.26. The lowest BCUT2D eigenvalue weighted by molar-refractivity contribution is 0.389. The summed E-state index contributed by atoms with van der Waals surface area (Å²) in [4.78, 5) is 0. The number of hydrogen-bond acceptors (Lipinski definition) is 2. The maximum absolute atomic E-state index is 10.2. The van der Waals surface area contributed by atoms with E-state index in [9.17, 15) is 5.11 Å². The number of rotatable bonds is 2. The second-order valence-electron chi connectivity index (χ2n) is 4.36. The van der Waals surface area contributed by atoms with Crippen LogP contribution in [-0.2, 0) is 6.42 Å². The number of phenolic OH excluding ortho intramolecular Hbond substituents is 1. The van der Waals surface area contributed by atoms with Crippen LogP contribution in [0.25, 0.3) is 0 Å². The molecule has 2 rings (SSSR count). The first-order chi connectivity index (χ1) is 7.72. The molecular weight excluding hydrogens is 222 g/mol. The van der Waals surface area contributed by atoms with Crippen molar-refractivity contribution in [3.8, 4) is 5.75 Å². The van der Waals surface area contributed by atoms with Crippen LogP contribution in [0, 0.1) is 0 Å². The predicted octanol–water partition coefficient (Wildman–Crippen LogP) is 3.42. The Kier molecular flexibility index (Phi) is 3.72. The molecule has 88 valence electrons. The number of nitrogens with one attached hydrogen (secondary N) is 1. The van der Waals surface area contributed by atoms with Gasteiger partial charge in [0.1, 0.15) is 5.75 Å². The summed E-state index contributed by atoms with van der Waals surface area (Å²) in [5, 5.41) is 14.3. The van der Waals surface area contributed by atoms with Gasteiger partial charge in [0.2, 0.25) is 0 Å². The van der Waals surface area contributed by atoms with Gasteiger partial charge in [0, 0.05) is 16.6 Å². The molecule has 16 heavy (non-hydrogen) atoms. The molecule has 2 N–H and O–H groups in total. The van der Waals surface area contributed by atoms with E-state index in [2.05, 4.69) is 5.32 Å². The lowest BCUT2D eigenvalue weighted by atomic mass is 9.94. The van der Waals surface area contributed by atoms with Gasteiger partial charge >= 0.3 is 0 Å². The summed E-state index contributed by atoms with van der Waals surface area (Å²) in [5.41, 5.74) is 1.90. The number of aromatic hydroxyl groups is 1. The Morgan fingerprint density at radius 3 is 2.88 bits per heavy atom. The number of phenols is 1. The Bertz CT molecular complexity index is 372. The molecule has 0 bridgehead atoms. The van der Waals surface area contributed by atoms with Crippen molar-refractivity contribution in [2.24, 2.45) is 0 Å². The van der Waals surface area contributed by atoms with Gasteiger partial charge in [0.15, 0.2) is 0 Å². The predicted molar refractivity (Wildman–Crippen MR) is 67.1 cm³/mol. The molecule has 1 aliphatic rings. The fraction of sp³-hybridized carbons (Fsp3) is 0.538. The fourth-order valence-corrected chi connectivity index (χ4v) is 2.58. The minimum absolute atomic E-state index is 0.262. The topological polar surface area (TPSA) is 32.3 Å². The van der Waals surface area contributed by atoms with E-state index in [0.29, 0.717) is 5.75 Å². The molecule has 0 amide bonds. The van der Waals surface area contributed by atoms with E-state index in [4.69, 9.17) is 11.6 Å². The van der Waals surface area contributed by atoms with Gasteiger partial charge in [0.25, 0.3) is 0 Å². The van der Waals surface area contributed by atoms with Gasteiger partial charge in [-0.05, 0) is 43.5 Å². The Hall–Kier alpha value is -0.730. The van der Waals surface area contributed by atoms with Crippen LogP contribution in [0.5, 0.6) is 5.75 Å². The molecular formula is C13H18ClNO. The molecule has 1 heterocycles. The van der Waals surface area contributed by atoms with Crippen molar-refractivity contribution in [2.45, 2.75) is 38.6 Å². The number of benzene rings is 1. The van der Waals surface area contributed by atoms with E-state index < -0.39 is 0 Å². The third-order valence-electron chi connectivity index (χ3n) is 3.25. The molecule has 0 saturated carbocycles. The number of aryl methyl sites for hydroxylation is 1. The highest BCUT2D eigenvalue weighted by atomic mass is 35.5. The van der Waals surface area contributed by atoms with Gasteiger partial charge in [0.05, 0.1) is 0 Å². The van der Waals surface area contributed by atoms with Crippen molar-refractivity contribution < 1.29 is 5.11 Å². The number of hydrogen-bond donors (Lipinski definition) is 2. The molecule has 1 saturated heterocycles. The van der Waals surface area contributed by atoms with Gasteiger partial charge in [-0.3, -0.25) is 0 Å². The van der Waals surface area contributed by atoms with Crippen molar-refractivity contribution in [3.05, 3.63) is 28.3 Å². The van der Waals surface area contributed by atoms with E-state index in [1.165, 1.54) is 12.8 Å². The largest absolute Gasteiger partial charge is 0.507 e. The highest BCUT2D eigenvalue weighted by Crippen LogP contribution is 2.35. The van der Waals surface area contributed by atoms with Crippen LogP contribution in [0.2, 0.25) is 5.02 Å². The van der Waals surface area contributed by atoms with Crippen LogP contribution in [-0.4, -0.2) is 11.7 Å². The zero-order valence-electron chi connectivity index (χ0n) is 9.59. The van der Waals surface area contributed by atoms with Crippen molar-refractivity contribution in [3.63, 3.8) is 0 Å². The monoisotopic (exact) mass is 239 g/mol.